The van der Waals surface area contributed by atoms with E-state index in [0.717, 1.165) is 6.42 Å². The second-order valence-corrected chi connectivity index (χ2v) is 13.6. The van der Waals surface area contributed by atoms with Crippen LogP contribution in [-0.4, -0.2) is 97.2 Å². The molecule has 3 unspecified atom stereocenters. The third kappa shape index (κ3) is 4.97. The van der Waals surface area contributed by atoms with Gasteiger partial charge in [0.1, 0.15) is 6.04 Å². The molecule has 196 valence electrons. The third-order valence-corrected chi connectivity index (χ3v) is 10.8. The van der Waals surface area contributed by atoms with Crippen molar-refractivity contribution in [2.45, 2.75) is 72.9 Å². The molecule has 35 heavy (non-hydrogen) atoms. The maximum Gasteiger partial charge on any atom is 0.247 e. The Kier molecular flexibility index (Phi) is 8.86. The lowest BCUT2D eigenvalue weighted by Gasteiger charge is -2.42. The average molecular weight is 571 g/mol. The van der Waals surface area contributed by atoms with E-state index in [1.54, 1.807) is 40.8 Å². The summed E-state index contributed by atoms with van der Waals surface area (Å²) >= 11 is 5.48. The van der Waals surface area contributed by atoms with E-state index >= 15 is 0 Å². The topological polar surface area (TPSA) is 81.2 Å². The summed E-state index contributed by atoms with van der Waals surface area (Å²) < 4.78 is -0.649. The molecular weight excluding hydrogens is 530 g/mol. The predicted octanol–water partition coefficient (Wildman–Crippen LogP) is 3.07. The molecule has 2 bridgehead atoms. The minimum atomic E-state index is -0.649. The summed E-state index contributed by atoms with van der Waals surface area (Å²) in [6.45, 7) is 14.9. The first-order chi connectivity index (χ1) is 16.5. The second kappa shape index (κ2) is 11.0. The van der Waals surface area contributed by atoms with Crippen LogP contribution in [0.2, 0.25) is 0 Å². The van der Waals surface area contributed by atoms with E-state index in [0.29, 0.717) is 38.9 Å². The van der Waals surface area contributed by atoms with Crippen molar-refractivity contribution in [1.82, 2.24) is 14.7 Å². The Morgan fingerprint density at radius 1 is 1.20 bits per heavy atom. The van der Waals surface area contributed by atoms with Crippen molar-refractivity contribution in [2.75, 3.05) is 33.3 Å². The fraction of sp³-hybridized carbons (Fsp3) is 0.731. The highest BCUT2D eigenvalue weighted by Gasteiger charge is 2.76. The van der Waals surface area contributed by atoms with E-state index in [2.05, 4.69) is 29.1 Å². The van der Waals surface area contributed by atoms with Gasteiger partial charge in [-0.15, -0.1) is 24.9 Å². The number of aliphatic hydroxyl groups is 1. The Labute approximate surface area is 222 Å². The molecule has 3 fully saturated rings. The number of carbonyl (C=O) groups excluding carboxylic acids is 3. The molecule has 0 radical (unpaired) electrons. The Bertz CT molecular complexity index is 862. The van der Waals surface area contributed by atoms with Crippen LogP contribution in [0.4, 0.5) is 0 Å². The molecule has 6 atom stereocenters. The molecule has 0 aliphatic carbocycles. The number of rotatable bonds is 11. The number of carbonyl (C=O) groups is 3. The van der Waals surface area contributed by atoms with Crippen LogP contribution in [0.3, 0.4) is 0 Å². The number of nitrogens with zero attached hydrogens (tertiary/aromatic N) is 3. The van der Waals surface area contributed by atoms with Crippen molar-refractivity contribution in [2.24, 2.45) is 11.8 Å². The lowest BCUT2D eigenvalue weighted by Crippen LogP contribution is -2.59. The first kappa shape index (κ1) is 28.3. The SMILES string of the molecule is C=CCN(C)C(=O)[C@H]1[C@H]2C(=O)N(CCCCCO)C(C(=O)N(CC=C)C(C)(C)C)C23CC(Br)[C@@H]1S3. The monoisotopic (exact) mass is 569 g/mol. The molecule has 3 aliphatic rings. The molecular formula is C26H40BrN3O4S. The van der Waals surface area contributed by atoms with Crippen LogP contribution in [0.5, 0.6) is 0 Å². The van der Waals surface area contributed by atoms with Gasteiger partial charge in [-0.2, -0.15) is 0 Å². The van der Waals surface area contributed by atoms with Crippen molar-refractivity contribution in [3.8, 4) is 0 Å². The minimum Gasteiger partial charge on any atom is -0.396 e. The lowest BCUT2D eigenvalue weighted by molar-refractivity contribution is -0.146. The zero-order valence-corrected chi connectivity index (χ0v) is 23.8. The van der Waals surface area contributed by atoms with Crippen LogP contribution >= 0.6 is 27.7 Å². The quantitative estimate of drug-likeness (QED) is 0.235. The van der Waals surface area contributed by atoms with Gasteiger partial charge in [0.05, 0.1) is 16.6 Å². The number of alkyl halides is 1. The van der Waals surface area contributed by atoms with Gasteiger partial charge < -0.3 is 19.8 Å². The summed E-state index contributed by atoms with van der Waals surface area (Å²) in [6.07, 6.45) is 6.22. The first-order valence-corrected chi connectivity index (χ1v) is 14.3. The Morgan fingerprint density at radius 2 is 1.86 bits per heavy atom. The maximum absolute atomic E-state index is 14.3. The Hall–Kier alpha value is -1.32. The fourth-order valence-corrected chi connectivity index (χ4v) is 9.61. The Morgan fingerprint density at radius 3 is 2.43 bits per heavy atom. The molecule has 3 heterocycles. The molecule has 7 nitrogen and oxygen atoms in total. The highest BCUT2D eigenvalue weighted by atomic mass is 79.9. The second-order valence-electron chi connectivity index (χ2n) is 10.9. The molecule has 9 heteroatoms. The fourth-order valence-electron chi connectivity index (χ4n) is 6.01. The summed E-state index contributed by atoms with van der Waals surface area (Å²) in [6, 6.07) is -0.633. The van der Waals surface area contributed by atoms with Crippen LogP contribution in [0, 0.1) is 11.8 Å². The van der Waals surface area contributed by atoms with E-state index in [-0.39, 0.29) is 34.4 Å². The molecule has 3 amide bonds. The van der Waals surface area contributed by atoms with E-state index in [9.17, 15) is 19.5 Å². The van der Waals surface area contributed by atoms with Gasteiger partial charge in [0.2, 0.25) is 17.7 Å². The molecule has 0 aromatic rings. The molecule has 1 spiro atoms. The number of likely N-dealkylation sites (N-methyl/N-ethyl adjacent to an activating group) is 1. The highest BCUT2D eigenvalue weighted by molar-refractivity contribution is 9.09. The smallest absolute Gasteiger partial charge is 0.247 e. The van der Waals surface area contributed by atoms with E-state index in [4.69, 9.17) is 0 Å². The molecule has 1 N–H and O–H groups in total. The standard InChI is InChI=1S/C26H40BrN3O4S/c1-7-12-28(6)22(32)18-19-23(33)29(14-10-9-11-15-31)21(26(19)16-17(27)20(18)35-26)24(34)30(13-8-2)25(3,4)5/h7-8,17-21,31H,1-2,9-16H2,3-6H3/t17?,18-,19-,20-,21?,26?/m0/s1. The molecule has 3 saturated heterocycles. The van der Waals surface area contributed by atoms with Gasteiger partial charge in [0.25, 0.3) is 0 Å². The third-order valence-electron chi connectivity index (χ3n) is 7.53. The van der Waals surface area contributed by atoms with Gasteiger partial charge in [0, 0.05) is 48.9 Å². The van der Waals surface area contributed by atoms with Crippen molar-refractivity contribution in [3.05, 3.63) is 25.3 Å². The normalized spacial score (nSPS) is 31.4. The van der Waals surface area contributed by atoms with E-state index in [1.165, 1.54) is 0 Å². The van der Waals surface area contributed by atoms with Crippen molar-refractivity contribution in [3.63, 3.8) is 0 Å². The number of fused-ring (bicyclic) bond motifs is 1. The number of halogens is 1. The van der Waals surface area contributed by atoms with Crippen LogP contribution in [0.1, 0.15) is 46.5 Å². The molecule has 0 aromatic carbocycles. The summed E-state index contributed by atoms with van der Waals surface area (Å²) in [5.74, 6) is -1.21. The number of unbranched alkanes of at least 4 members (excludes halogenated alkanes) is 2. The maximum atomic E-state index is 14.3. The average Bonchev–Trinajstić information content (AvgIpc) is 3.37. The number of amides is 3. The van der Waals surface area contributed by atoms with Crippen molar-refractivity contribution >= 4 is 45.4 Å². The summed E-state index contributed by atoms with van der Waals surface area (Å²) in [5, 5.41) is 9.14. The van der Waals surface area contributed by atoms with Gasteiger partial charge in [-0.3, -0.25) is 14.4 Å². The van der Waals surface area contributed by atoms with E-state index in [1.807, 2.05) is 25.7 Å². The molecule has 0 saturated carbocycles. The summed E-state index contributed by atoms with van der Waals surface area (Å²) in [7, 11) is 1.75. The summed E-state index contributed by atoms with van der Waals surface area (Å²) in [5.41, 5.74) is -0.444. The number of aliphatic hydroxyl groups excluding tert-OH is 1. The van der Waals surface area contributed by atoms with E-state index < -0.39 is 28.2 Å². The number of likely N-dealkylation sites (tertiary alicyclic amines) is 1. The van der Waals surface area contributed by atoms with Crippen LogP contribution in [0.15, 0.2) is 25.3 Å². The van der Waals surface area contributed by atoms with Crippen LogP contribution < -0.4 is 0 Å². The molecule has 3 rings (SSSR count). The number of thioether (sulfide) groups is 1. The number of hydrogen-bond acceptors (Lipinski definition) is 5. The minimum absolute atomic E-state index is 0.0507. The Balaban J connectivity index is 2.05. The van der Waals surface area contributed by atoms with Gasteiger partial charge in [-0.1, -0.05) is 28.1 Å². The predicted molar refractivity (Wildman–Crippen MR) is 144 cm³/mol. The lowest BCUT2D eigenvalue weighted by atomic mass is 9.70. The van der Waals surface area contributed by atoms with Gasteiger partial charge in [-0.25, -0.2) is 0 Å². The number of hydrogen-bond donors (Lipinski definition) is 1. The summed E-state index contributed by atoms with van der Waals surface area (Å²) in [4.78, 5) is 47.2. The molecule has 0 aromatic heterocycles. The van der Waals surface area contributed by atoms with Crippen LogP contribution in [-0.2, 0) is 14.4 Å². The first-order valence-electron chi connectivity index (χ1n) is 12.5. The zero-order valence-electron chi connectivity index (χ0n) is 21.4. The molecule has 3 aliphatic heterocycles. The van der Waals surface area contributed by atoms with Gasteiger partial charge in [-0.05, 0) is 46.5 Å². The van der Waals surface area contributed by atoms with Crippen molar-refractivity contribution < 1.29 is 19.5 Å². The van der Waals surface area contributed by atoms with Crippen molar-refractivity contribution in [1.29, 1.82) is 0 Å². The van der Waals surface area contributed by atoms with Crippen LogP contribution in [0.25, 0.3) is 0 Å². The van der Waals surface area contributed by atoms with Gasteiger partial charge >= 0.3 is 0 Å². The largest absolute Gasteiger partial charge is 0.396 e. The highest BCUT2D eigenvalue weighted by Crippen LogP contribution is 2.68. The zero-order chi connectivity index (χ0) is 26.1. The van der Waals surface area contributed by atoms with Gasteiger partial charge in [0.15, 0.2) is 0 Å².